The van der Waals surface area contributed by atoms with E-state index in [1.807, 2.05) is 33.0 Å². The van der Waals surface area contributed by atoms with Crippen molar-refractivity contribution in [3.05, 3.63) is 29.8 Å². The summed E-state index contributed by atoms with van der Waals surface area (Å²) in [5, 5.41) is 13.0. The normalized spacial score (nSPS) is 16.1. The summed E-state index contributed by atoms with van der Waals surface area (Å²) in [4.78, 5) is 0. The van der Waals surface area contributed by atoms with E-state index < -0.39 is 0 Å². The van der Waals surface area contributed by atoms with Crippen LogP contribution in [0.15, 0.2) is 24.3 Å². The van der Waals surface area contributed by atoms with E-state index in [-0.39, 0.29) is 17.4 Å². The summed E-state index contributed by atoms with van der Waals surface area (Å²) in [6, 6.07) is 8.36. The molecule has 0 saturated heterocycles. The molecule has 1 rings (SSSR count). The molecule has 0 aliphatic rings. The minimum Gasteiger partial charge on any atom is -0.497 e. The Labute approximate surface area is 114 Å². The van der Waals surface area contributed by atoms with Gasteiger partial charge in [0.1, 0.15) is 5.75 Å². The first kappa shape index (κ1) is 15.3. The molecule has 3 atom stereocenters. The monoisotopic (exact) mass is 269 g/mol. The van der Waals surface area contributed by atoms with Crippen LogP contribution in [-0.2, 0) is 0 Å². The molecule has 0 bridgehead atoms. The molecule has 3 unspecified atom stereocenters. The third-order valence-corrected chi connectivity index (χ3v) is 4.50. The van der Waals surface area contributed by atoms with E-state index in [1.54, 1.807) is 18.9 Å². The molecule has 4 heteroatoms. The van der Waals surface area contributed by atoms with Crippen LogP contribution in [0.3, 0.4) is 0 Å². The van der Waals surface area contributed by atoms with E-state index in [4.69, 9.17) is 4.74 Å². The van der Waals surface area contributed by atoms with Crippen LogP contribution < -0.4 is 10.1 Å². The third-order valence-electron chi connectivity index (χ3n) is 3.05. The van der Waals surface area contributed by atoms with Gasteiger partial charge >= 0.3 is 0 Å². The molecule has 2 N–H and O–H groups in total. The highest BCUT2D eigenvalue weighted by molar-refractivity contribution is 7.99. The van der Waals surface area contributed by atoms with Gasteiger partial charge in [-0.05, 0) is 31.7 Å². The fraction of sp³-hybridized carbons (Fsp3) is 0.571. The van der Waals surface area contributed by atoms with E-state index >= 15 is 0 Å². The summed E-state index contributed by atoms with van der Waals surface area (Å²) in [7, 11) is 3.63. The molecule has 0 saturated carbocycles. The molecule has 102 valence electrons. The fourth-order valence-electron chi connectivity index (χ4n) is 1.59. The standard InChI is InChI=1S/C14H23NO2S/c1-10(16)11(2)18-9-14(15-3)12-6-5-7-13(8-12)17-4/h5-8,10-11,14-16H,9H2,1-4H3. The first-order chi connectivity index (χ1) is 8.58. The quantitative estimate of drug-likeness (QED) is 0.798. The Morgan fingerprint density at radius 2 is 2.11 bits per heavy atom. The minimum absolute atomic E-state index is 0.242. The zero-order valence-corrected chi connectivity index (χ0v) is 12.3. The van der Waals surface area contributed by atoms with E-state index in [0.717, 1.165) is 11.5 Å². The zero-order chi connectivity index (χ0) is 13.5. The van der Waals surface area contributed by atoms with Crippen molar-refractivity contribution in [3.8, 4) is 5.75 Å². The van der Waals surface area contributed by atoms with Crippen molar-refractivity contribution < 1.29 is 9.84 Å². The molecule has 0 aliphatic carbocycles. The number of aliphatic hydroxyl groups excluding tert-OH is 1. The van der Waals surface area contributed by atoms with Crippen molar-refractivity contribution in [2.45, 2.75) is 31.2 Å². The van der Waals surface area contributed by atoms with Gasteiger partial charge in [0.05, 0.1) is 13.2 Å². The van der Waals surface area contributed by atoms with E-state index in [0.29, 0.717) is 0 Å². The second-order valence-electron chi connectivity index (χ2n) is 4.40. The third kappa shape index (κ3) is 4.52. The zero-order valence-electron chi connectivity index (χ0n) is 11.5. The maximum atomic E-state index is 9.50. The molecule has 0 radical (unpaired) electrons. The average molecular weight is 269 g/mol. The molecule has 3 nitrogen and oxygen atoms in total. The molecular weight excluding hydrogens is 246 g/mol. The maximum Gasteiger partial charge on any atom is 0.119 e. The number of nitrogens with one attached hydrogen (secondary N) is 1. The minimum atomic E-state index is -0.280. The van der Waals surface area contributed by atoms with Crippen LogP contribution >= 0.6 is 11.8 Å². The highest BCUT2D eigenvalue weighted by Gasteiger charge is 2.14. The highest BCUT2D eigenvalue weighted by Crippen LogP contribution is 2.25. The van der Waals surface area contributed by atoms with Crippen LogP contribution in [0.1, 0.15) is 25.5 Å². The van der Waals surface area contributed by atoms with Crippen LogP contribution in [0.5, 0.6) is 5.75 Å². The van der Waals surface area contributed by atoms with Crippen molar-refractivity contribution in [2.75, 3.05) is 19.9 Å². The molecular formula is C14H23NO2S. The second kappa shape index (κ2) is 7.67. The number of benzene rings is 1. The van der Waals surface area contributed by atoms with Gasteiger partial charge in [-0.1, -0.05) is 19.1 Å². The number of ether oxygens (including phenoxy) is 1. The largest absolute Gasteiger partial charge is 0.497 e. The summed E-state index contributed by atoms with van der Waals surface area (Å²) in [6.45, 7) is 3.88. The summed E-state index contributed by atoms with van der Waals surface area (Å²) >= 11 is 1.77. The predicted octanol–water partition coefficient (Wildman–Crippen LogP) is 2.46. The van der Waals surface area contributed by atoms with Crippen LogP contribution in [0, 0.1) is 0 Å². The van der Waals surface area contributed by atoms with Crippen LogP contribution in [0.2, 0.25) is 0 Å². The van der Waals surface area contributed by atoms with Crippen LogP contribution in [0.4, 0.5) is 0 Å². The summed E-state index contributed by atoms with van der Waals surface area (Å²) < 4.78 is 5.24. The summed E-state index contributed by atoms with van der Waals surface area (Å²) in [5.74, 6) is 1.80. The molecule has 18 heavy (non-hydrogen) atoms. The van der Waals surface area contributed by atoms with Crippen molar-refractivity contribution in [3.63, 3.8) is 0 Å². The van der Waals surface area contributed by atoms with Gasteiger partial charge in [-0.15, -0.1) is 0 Å². The topological polar surface area (TPSA) is 41.5 Å². The van der Waals surface area contributed by atoms with Gasteiger partial charge in [0.25, 0.3) is 0 Å². The van der Waals surface area contributed by atoms with Gasteiger partial charge in [0.2, 0.25) is 0 Å². The van der Waals surface area contributed by atoms with Gasteiger partial charge in [0, 0.05) is 17.0 Å². The van der Waals surface area contributed by atoms with E-state index in [1.165, 1.54) is 5.56 Å². The number of hydrogen-bond donors (Lipinski definition) is 2. The number of thioether (sulfide) groups is 1. The fourth-order valence-corrected chi connectivity index (χ4v) is 2.73. The molecule has 0 aliphatic heterocycles. The molecule has 0 aromatic heterocycles. The Morgan fingerprint density at radius 3 is 2.67 bits per heavy atom. The number of aliphatic hydroxyl groups is 1. The summed E-state index contributed by atoms with van der Waals surface area (Å²) in [5.41, 5.74) is 1.21. The number of hydrogen-bond acceptors (Lipinski definition) is 4. The van der Waals surface area contributed by atoms with Crippen molar-refractivity contribution in [2.24, 2.45) is 0 Å². The second-order valence-corrected chi connectivity index (χ2v) is 5.81. The maximum absolute atomic E-state index is 9.50. The molecule has 0 spiro atoms. The molecule has 0 heterocycles. The Kier molecular flexibility index (Phi) is 6.54. The Morgan fingerprint density at radius 1 is 1.39 bits per heavy atom. The van der Waals surface area contributed by atoms with E-state index in [2.05, 4.69) is 17.4 Å². The molecule has 0 fully saturated rings. The Hall–Kier alpha value is -0.710. The Balaban J connectivity index is 2.64. The van der Waals surface area contributed by atoms with Crippen LogP contribution in [-0.4, -0.2) is 36.4 Å². The average Bonchev–Trinajstić information content (AvgIpc) is 2.39. The van der Waals surface area contributed by atoms with Crippen molar-refractivity contribution >= 4 is 11.8 Å². The molecule has 0 amide bonds. The predicted molar refractivity (Wildman–Crippen MR) is 78.4 cm³/mol. The number of rotatable bonds is 7. The molecule has 1 aromatic rings. The van der Waals surface area contributed by atoms with Gasteiger partial charge in [-0.3, -0.25) is 0 Å². The number of methoxy groups -OCH3 is 1. The lowest BCUT2D eigenvalue weighted by Crippen LogP contribution is -2.22. The highest BCUT2D eigenvalue weighted by atomic mass is 32.2. The van der Waals surface area contributed by atoms with Gasteiger partial charge in [-0.25, -0.2) is 0 Å². The first-order valence-corrected chi connectivity index (χ1v) is 7.24. The lowest BCUT2D eigenvalue weighted by atomic mass is 10.1. The van der Waals surface area contributed by atoms with Crippen molar-refractivity contribution in [1.29, 1.82) is 0 Å². The lowest BCUT2D eigenvalue weighted by molar-refractivity contribution is 0.196. The lowest BCUT2D eigenvalue weighted by Gasteiger charge is -2.20. The Bertz CT molecular complexity index is 357. The first-order valence-electron chi connectivity index (χ1n) is 6.19. The summed E-state index contributed by atoms with van der Waals surface area (Å²) in [6.07, 6.45) is -0.280. The van der Waals surface area contributed by atoms with Gasteiger partial charge in [0.15, 0.2) is 0 Å². The van der Waals surface area contributed by atoms with E-state index in [9.17, 15) is 5.11 Å². The van der Waals surface area contributed by atoms with Gasteiger partial charge in [-0.2, -0.15) is 11.8 Å². The van der Waals surface area contributed by atoms with Crippen molar-refractivity contribution in [1.82, 2.24) is 5.32 Å². The van der Waals surface area contributed by atoms with Gasteiger partial charge < -0.3 is 15.2 Å². The SMILES string of the molecule is CNC(CSC(C)C(C)O)c1cccc(OC)c1. The molecule has 1 aromatic carbocycles. The smallest absolute Gasteiger partial charge is 0.119 e. The van der Waals surface area contributed by atoms with Crippen LogP contribution in [0.25, 0.3) is 0 Å².